The van der Waals surface area contributed by atoms with Gasteiger partial charge in [-0.3, -0.25) is 0 Å². The summed E-state index contributed by atoms with van der Waals surface area (Å²) >= 11 is 0. The van der Waals surface area contributed by atoms with E-state index in [2.05, 4.69) is 16.8 Å². The fraction of sp³-hybridized carbons (Fsp3) is 0.800. The van der Waals surface area contributed by atoms with E-state index in [-0.39, 0.29) is 0 Å². The number of hydrogen-bond donors (Lipinski definition) is 1. The van der Waals surface area contributed by atoms with Crippen LogP contribution in [-0.4, -0.2) is 16.1 Å². The van der Waals surface area contributed by atoms with Crippen molar-refractivity contribution in [1.82, 2.24) is 14.9 Å². The van der Waals surface area contributed by atoms with Crippen molar-refractivity contribution in [2.75, 3.05) is 6.54 Å². The van der Waals surface area contributed by atoms with E-state index in [1.165, 1.54) is 50.0 Å². The minimum Gasteiger partial charge on any atom is -0.328 e. The normalized spacial score (nSPS) is 30.3. The third-order valence-corrected chi connectivity index (χ3v) is 4.77. The van der Waals surface area contributed by atoms with Gasteiger partial charge >= 0.3 is 0 Å². The van der Waals surface area contributed by atoms with Crippen LogP contribution < -0.4 is 5.32 Å². The van der Waals surface area contributed by atoms with Crippen molar-refractivity contribution in [2.24, 2.45) is 5.92 Å². The van der Waals surface area contributed by atoms with Crippen molar-refractivity contribution in [3.63, 3.8) is 0 Å². The highest BCUT2D eigenvalue weighted by molar-refractivity contribution is 5.26. The molecule has 98 valence electrons. The maximum absolute atomic E-state index is 4.97. The van der Waals surface area contributed by atoms with E-state index >= 15 is 0 Å². The molecule has 2 fully saturated rings. The van der Waals surface area contributed by atoms with E-state index in [0.717, 1.165) is 31.0 Å². The van der Waals surface area contributed by atoms with Gasteiger partial charge in [0.25, 0.3) is 0 Å². The Labute approximate surface area is 109 Å². The summed E-state index contributed by atoms with van der Waals surface area (Å²) in [5.74, 6) is 3.17. The maximum atomic E-state index is 4.97. The fourth-order valence-electron chi connectivity index (χ4n) is 3.58. The van der Waals surface area contributed by atoms with Crippen LogP contribution in [0.15, 0.2) is 0 Å². The van der Waals surface area contributed by atoms with Crippen LogP contribution in [0.3, 0.4) is 0 Å². The van der Waals surface area contributed by atoms with Crippen molar-refractivity contribution in [3.05, 3.63) is 17.2 Å². The fourth-order valence-corrected chi connectivity index (χ4v) is 3.58. The lowest BCUT2D eigenvalue weighted by Crippen LogP contribution is -2.25. The summed E-state index contributed by atoms with van der Waals surface area (Å²) in [5.41, 5.74) is 2.92. The van der Waals surface area contributed by atoms with Gasteiger partial charge in [0.15, 0.2) is 0 Å². The molecule has 2 saturated carbocycles. The Hall–Kier alpha value is -0.830. The summed E-state index contributed by atoms with van der Waals surface area (Å²) in [6.45, 7) is 4.44. The SMILES string of the molecule is CCCC1CC1n1c(C2CC2)nc2c1CCNC2. The smallest absolute Gasteiger partial charge is 0.112 e. The van der Waals surface area contributed by atoms with E-state index < -0.39 is 0 Å². The molecular weight excluding hydrogens is 222 g/mol. The molecule has 0 radical (unpaired) electrons. The first-order chi connectivity index (χ1) is 8.88. The second-order valence-corrected chi connectivity index (χ2v) is 6.29. The highest BCUT2D eigenvalue weighted by Crippen LogP contribution is 2.51. The topological polar surface area (TPSA) is 29.9 Å². The van der Waals surface area contributed by atoms with Crippen LogP contribution in [-0.2, 0) is 13.0 Å². The average molecular weight is 245 g/mol. The van der Waals surface area contributed by atoms with Crippen LogP contribution >= 0.6 is 0 Å². The summed E-state index contributed by atoms with van der Waals surface area (Å²) in [6.07, 6.45) is 8.06. The predicted molar refractivity (Wildman–Crippen MR) is 71.7 cm³/mol. The molecule has 0 bridgehead atoms. The molecule has 0 saturated heterocycles. The van der Waals surface area contributed by atoms with Gasteiger partial charge in [-0.05, 0) is 31.6 Å². The largest absolute Gasteiger partial charge is 0.328 e. The van der Waals surface area contributed by atoms with Crippen molar-refractivity contribution in [3.8, 4) is 0 Å². The van der Waals surface area contributed by atoms with Gasteiger partial charge < -0.3 is 9.88 Å². The van der Waals surface area contributed by atoms with Crippen LogP contribution in [0, 0.1) is 5.92 Å². The van der Waals surface area contributed by atoms with Crippen LogP contribution in [0.4, 0.5) is 0 Å². The predicted octanol–water partition coefficient (Wildman–Crippen LogP) is 2.77. The molecule has 1 aromatic heterocycles. The number of fused-ring (bicyclic) bond motifs is 1. The average Bonchev–Trinajstić information content (AvgIpc) is 3.29. The lowest BCUT2D eigenvalue weighted by molar-refractivity contribution is 0.548. The summed E-state index contributed by atoms with van der Waals surface area (Å²) in [7, 11) is 0. The molecule has 18 heavy (non-hydrogen) atoms. The van der Waals surface area contributed by atoms with Gasteiger partial charge in [0, 0.05) is 37.2 Å². The Bertz CT molecular complexity index is 459. The number of rotatable bonds is 4. The van der Waals surface area contributed by atoms with Crippen molar-refractivity contribution >= 4 is 0 Å². The standard InChI is InChI=1S/C15H23N3/c1-2-3-11-8-14(11)18-13-6-7-16-9-12(13)17-15(18)10-4-5-10/h10-11,14,16H,2-9H2,1H3. The van der Waals surface area contributed by atoms with Crippen LogP contribution in [0.2, 0.25) is 0 Å². The lowest BCUT2D eigenvalue weighted by Gasteiger charge is -2.16. The van der Waals surface area contributed by atoms with Gasteiger partial charge in [-0.1, -0.05) is 13.3 Å². The number of nitrogens with zero attached hydrogens (tertiary/aromatic N) is 2. The van der Waals surface area contributed by atoms with E-state index in [4.69, 9.17) is 4.98 Å². The third kappa shape index (κ3) is 1.71. The minimum atomic E-state index is 0.790. The molecule has 4 rings (SSSR count). The third-order valence-electron chi connectivity index (χ3n) is 4.77. The highest BCUT2D eigenvalue weighted by atomic mass is 15.2. The Morgan fingerprint density at radius 2 is 2.28 bits per heavy atom. The maximum Gasteiger partial charge on any atom is 0.112 e. The van der Waals surface area contributed by atoms with Gasteiger partial charge in [-0.15, -0.1) is 0 Å². The Morgan fingerprint density at radius 1 is 1.39 bits per heavy atom. The molecule has 3 heteroatoms. The van der Waals surface area contributed by atoms with Crippen LogP contribution in [0.1, 0.15) is 68.2 Å². The summed E-state index contributed by atoms with van der Waals surface area (Å²) in [4.78, 5) is 4.97. The molecule has 3 nitrogen and oxygen atoms in total. The molecule has 1 aliphatic heterocycles. The lowest BCUT2D eigenvalue weighted by atomic mass is 10.1. The van der Waals surface area contributed by atoms with Crippen LogP contribution in [0.5, 0.6) is 0 Å². The number of hydrogen-bond acceptors (Lipinski definition) is 2. The Morgan fingerprint density at radius 3 is 3.06 bits per heavy atom. The summed E-state index contributed by atoms with van der Waals surface area (Å²) in [5, 5.41) is 3.46. The second-order valence-electron chi connectivity index (χ2n) is 6.29. The quantitative estimate of drug-likeness (QED) is 0.884. The number of aromatic nitrogens is 2. The van der Waals surface area contributed by atoms with Gasteiger partial charge in [0.1, 0.15) is 5.82 Å². The molecule has 2 atom stereocenters. The summed E-state index contributed by atoms with van der Waals surface area (Å²) in [6, 6.07) is 0.801. The van der Waals surface area contributed by atoms with E-state index in [9.17, 15) is 0 Å². The molecule has 2 aliphatic carbocycles. The Balaban J connectivity index is 1.69. The molecule has 1 N–H and O–H groups in total. The first kappa shape index (κ1) is 11.0. The van der Waals surface area contributed by atoms with Gasteiger partial charge in [-0.2, -0.15) is 0 Å². The molecule has 0 aromatic carbocycles. The van der Waals surface area contributed by atoms with E-state index in [0.29, 0.717) is 0 Å². The van der Waals surface area contributed by atoms with Crippen LogP contribution in [0.25, 0.3) is 0 Å². The van der Waals surface area contributed by atoms with E-state index in [1.54, 1.807) is 5.69 Å². The highest BCUT2D eigenvalue weighted by Gasteiger charge is 2.43. The molecule has 3 aliphatic rings. The molecule has 2 unspecified atom stereocenters. The first-order valence-corrected chi connectivity index (χ1v) is 7.69. The summed E-state index contributed by atoms with van der Waals surface area (Å²) < 4.78 is 2.67. The van der Waals surface area contributed by atoms with Crippen molar-refractivity contribution < 1.29 is 0 Å². The minimum absolute atomic E-state index is 0.790. The molecule has 0 spiro atoms. The van der Waals surface area contributed by atoms with Gasteiger partial charge in [0.2, 0.25) is 0 Å². The zero-order valence-electron chi connectivity index (χ0n) is 11.3. The van der Waals surface area contributed by atoms with Gasteiger partial charge in [-0.25, -0.2) is 4.98 Å². The van der Waals surface area contributed by atoms with Crippen molar-refractivity contribution in [1.29, 1.82) is 0 Å². The second kappa shape index (κ2) is 4.09. The van der Waals surface area contributed by atoms with E-state index in [1.807, 2.05) is 0 Å². The zero-order chi connectivity index (χ0) is 12.1. The zero-order valence-corrected chi connectivity index (χ0v) is 11.3. The molecule has 2 heterocycles. The number of imidazole rings is 1. The number of nitrogens with one attached hydrogen (secondary N) is 1. The Kier molecular flexibility index (Phi) is 2.51. The molecular formula is C15H23N3. The molecule has 0 amide bonds. The van der Waals surface area contributed by atoms with Gasteiger partial charge in [0.05, 0.1) is 5.69 Å². The van der Waals surface area contributed by atoms with Crippen molar-refractivity contribution in [2.45, 2.75) is 64.0 Å². The first-order valence-electron chi connectivity index (χ1n) is 7.69. The monoisotopic (exact) mass is 245 g/mol. The molecule has 1 aromatic rings.